The van der Waals surface area contributed by atoms with Crippen LogP contribution in [0.3, 0.4) is 0 Å². The molecular formula is C53H96N3O14P. The van der Waals surface area contributed by atoms with Crippen molar-refractivity contribution in [2.24, 2.45) is 0 Å². The van der Waals surface area contributed by atoms with E-state index >= 15 is 0 Å². The van der Waals surface area contributed by atoms with E-state index < -0.39 is 57.0 Å². The van der Waals surface area contributed by atoms with Crippen LogP contribution in [0.15, 0.2) is 12.2 Å². The number of unbranched alkanes of at least 4 members (excludes halogenated alkanes) is 28. The second-order valence-corrected chi connectivity index (χ2v) is 20.2. The van der Waals surface area contributed by atoms with Gasteiger partial charge >= 0.3 is 25.9 Å². The molecule has 1 aliphatic heterocycles. The molecule has 1 aliphatic rings. The average Bonchev–Trinajstić information content (AvgIpc) is 3.67. The minimum atomic E-state index is -4.67. The fourth-order valence-corrected chi connectivity index (χ4v) is 8.74. The molecule has 0 bridgehead atoms. The Morgan fingerprint density at radius 2 is 0.958 bits per heavy atom. The number of phosphoric acid groups is 1. The molecule has 0 fully saturated rings. The second kappa shape index (κ2) is 46.4. The van der Waals surface area contributed by atoms with E-state index in [4.69, 9.17) is 28.0 Å². The van der Waals surface area contributed by atoms with Gasteiger partial charge in [-0.15, -0.1) is 0 Å². The molecule has 4 amide bonds. The highest BCUT2D eigenvalue weighted by Gasteiger charge is 2.27. The molecule has 0 saturated carbocycles. The number of hydrogen-bond donors (Lipinski definition) is 3. The Morgan fingerprint density at radius 1 is 0.521 bits per heavy atom. The van der Waals surface area contributed by atoms with Crippen LogP contribution >= 0.6 is 7.82 Å². The lowest BCUT2D eigenvalue weighted by molar-refractivity contribution is -0.161. The third-order valence-electron chi connectivity index (χ3n) is 12.2. The number of carbonyl (C=O) groups excluding carboxylic acids is 6. The number of amides is 4. The Balaban J connectivity index is 2.34. The van der Waals surface area contributed by atoms with E-state index in [0.717, 1.165) is 55.6 Å². The molecule has 1 rings (SSSR count). The van der Waals surface area contributed by atoms with Crippen LogP contribution in [-0.2, 0) is 56.5 Å². The highest BCUT2D eigenvalue weighted by Crippen LogP contribution is 2.43. The van der Waals surface area contributed by atoms with Crippen molar-refractivity contribution in [3.8, 4) is 0 Å². The predicted molar refractivity (Wildman–Crippen MR) is 275 cm³/mol. The molecule has 0 aromatic carbocycles. The monoisotopic (exact) mass is 1030 g/mol. The van der Waals surface area contributed by atoms with Gasteiger partial charge in [0.1, 0.15) is 13.2 Å². The van der Waals surface area contributed by atoms with E-state index in [1.54, 1.807) is 0 Å². The number of carbonyl (C=O) groups is 6. The highest BCUT2D eigenvalue weighted by molar-refractivity contribution is 7.47. The van der Waals surface area contributed by atoms with Gasteiger partial charge in [0.15, 0.2) is 6.10 Å². The Labute approximate surface area is 427 Å². The van der Waals surface area contributed by atoms with Crippen LogP contribution in [0.25, 0.3) is 0 Å². The summed E-state index contributed by atoms with van der Waals surface area (Å²) in [5, 5.41) is 4.97. The molecule has 18 heteroatoms. The van der Waals surface area contributed by atoms with Crippen LogP contribution in [0.4, 0.5) is 4.79 Å². The van der Waals surface area contributed by atoms with Crippen molar-refractivity contribution >= 4 is 43.6 Å². The number of nitrogens with one attached hydrogen (secondary N) is 2. The highest BCUT2D eigenvalue weighted by atomic mass is 31.2. The summed E-state index contributed by atoms with van der Waals surface area (Å²) in [6, 6.07) is 0. The Kier molecular flexibility index (Phi) is 42.9. The van der Waals surface area contributed by atoms with Gasteiger partial charge in [-0.05, 0) is 12.8 Å². The van der Waals surface area contributed by atoms with Gasteiger partial charge in [0.25, 0.3) is 11.8 Å². The molecule has 1 unspecified atom stereocenters. The van der Waals surface area contributed by atoms with Crippen molar-refractivity contribution in [1.29, 1.82) is 0 Å². The van der Waals surface area contributed by atoms with Crippen LogP contribution in [0, 0.1) is 0 Å². The van der Waals surface area contributed by atoms with E-state index in [9.17, 15) is 38.2 Å². The lowest BCUT2D eigenvalue weighted by Crippen LogP contribution is -2.35. The fourth-order valence-electron chi connectivity index (χ4n) is 7.99. The number of alkyl carbamates (subject to hydrolysis) is 1. The van der Waals surface area contributed by atoms with E-state index in [-0.39, 0.29) is 71.2 Å². The third-order valence-corrected chi connectivity index (χ3v) is 13.2. The first-order valence-corrected chi connectivity index (χ1v) is 29.2. The normalized spacial score (nSPS) is 13.6. The summed E-state index contributed by atoms with van der Waals surface area (Å²) in [6.07, 6.45) is 37.0. The zero-order chi connectivity index (χ0) is 51.9. The number of phosphoric ester groups is 1. The molecule has 0 aliphatic carbocycles. The Bertz CT molecular complexity index is 1470. The van der Waals surface area contributed by atoms with Crippen molar-refractivity contribution in [2.45, 2.75) is 232 Å². The summed E-state index contributed by atoms with van der Waals surface area (Å²) < 4.78 is 44.1. The van der Waals surface area contributed by atoms with E-state index in [1.165, 1.54) is 141 Å². The van der Waals surface area contributed by atoms with Gasteiger partial charge in [0.2, 0.25) is 5.91 Å². The molecule has 0 aromatic rings. The summed E-state index contributed by atoms with van der Waals surface area (Å²) in [5.74, 6) is -2.23. The van der Waals surface area contributed by atoms with Crippen LogP contribution in [0.5, 0.6) is 0 Å². The number of ether oxygens (including phenoxy) is 4. The maximum Gasteiger partial charge on any atom is 0.472 e. The summed E-state index contributed by atoms with van der Waals surface area (Å²) in [7, 11) is -4.67. The third kappa shape index (κ3) is 41.8. The minimum absolute atomic E-state index is 0.0241. The topological polar surface area (TPSA) is 222 Å². The Hall–Kier alpha value is -3.37. The van der Waals surface area contributed by atoms with Crippen LogP contribution in [-0.4, -0.2) is 111 Å². The smallest absolute Gasteiger partial charge is 0.462 e. The molecule has 0 saturated heterocycles. The summed E-state index contributed by atoms with van der Waals surface area (Å²) >= 11 is 0. The lowest BCUT2D eigenvalue weighted by atomic mass is 10.0. The molecule has 412 valence electrons. The van der Waals surface area contributed by atoms with Gasteiger partial charge in [-0.2, -0.15) is 0 Å². The summed E-state index contributed by atoms with van der Waals surface area (Å²) in [6.45, 7) is 3.18. The van der Waals surface area contributed by atoms with Gasteiger partial charge in [-0.3, -0.25) is 37.9 Å². The van der Waals surface area contributed by atoms with E-state index in [2.05, 4.69) is 24.5 Å². The van der Waals surface area contributed by atoms with Crippen LogP contribution in [0.1, 0.15) is 226 Å². The van der Waals surface area contributed by atoms with E-state index in [1.807, 2.05) is 0 Å². The van der Waals surface area contributed by atoms with Gasteiger partial charge in [-0.1, -0.05) is 194 Å². The molecule has 71 heavy (non-hydrogen) atoms. The number of rotatable bonds is 51. The quantitative estimate of drug-likeness (QED) is 0.0170. The van der Waals surface area contributed by atoms with Gasteiger partial charge in [0.05, 0.1) is 26.4 Å². The minimum Gasteiger partial charge on any atom is -0.462 e. The SMILES string of the molecule is CCCCCCCCCCCCCCCCCC(=O)OC[C@H](COP(=O)(O)OCCNC(=O)OCCOCCNC(=O)CCN1C(=O)C=CC1=O)OC(=O)CCCCCCCCCCCCCCCCC. The van der Waals surface area contributed by atoms with Gasteiger partial charge in [-0.25, -0.2) is 9.36 Å². The predicted octanol–water partition coefficient (Wildman–Crippen LogP) is 11.3. The maximum absolute atomic E-state index is 12.8. The van der Waals surface area contributed by atoms with Crippen molar-refractivity contribution < 1.29 is 66.2 Å². The average molecular weight is 1030 g/mol. The molecule has 3 N–H and O–H groups in total. The molecule has 0 spiro atoms. The van der Waals surface area contributed by atoms with Crippen LogP contribution in [0.2, 0.25) is 0 Å². The molecule has 0 radical (unpaired) electrons. The van der Waals surface area contributed by atoms with Crippen LogP contribution < -0.4 is 10.6 Å². The van der Waals surface area contributed by atoms with Crippen molar-refractivity contribution in [3.05, 3.63) is 12.2 Å². The fraction of sp³-hybridized carbons (Fsp3) is 0.849. The van der Waals surface area contributed by atoms with Gasteiger partial charge in [0, 0.05) is 51.0 Å². The van der Waals surface area contributed by atoms with Crippen molar-refractivity contribution in [3.63, 3.8) is 0 Å². The van der Waals surface area contributed by atoms with Crippen molar-refractivity contribution in [2.75, 3.05) is 59.3 Å². The first kappa shape index (κ1) is 65.6. The number of imide groups is 1. The zero-order valence-corrected chi connectivity index (χ0v) is 45.0. The number of esters is 2. The molecule has 0 aromatic heterocycles. The maximum atomic E-state index is 12.8. The Morgan fingerprint density at radius 3 is 1.44 bits per heavy atom. The van der Waals surface area contributed by atoms with Gasteiger partial charge < -0.3 is 34.5 Å². The lowest BCUT2D eigenvalue weighted by Gasteiger charge is -2.20. The summed E-state index contributed by atoms with van der Waals surface area (Å²) in [5.41, 5.74) is 0. The molecule has 17 nitrogen and oxygen atoms in total. The zero-order valence-electron chi connectivity index (χ0n) is 44.1. The summed E-state index contributed by atoms with van der Waals surface area (Å²) in [4.78, 5) is 83.8. The standard InChI is InChI=1S/C53H96N3O14P/c1-3-5-7-9-11-13-15-17-19-21-23-25-27-29-31-33-51(60)67-45-47(70-52(61)34-32-30-28-26-24-22-20-18-16-14-12-10-8-6-4-2)46-69-71(63,64)68-42-39-55-53(62)66-44-43-65-41-38-54-48(57)37-40-56-49(58)35-36-50(56)59/h35-36,47H,3-34,37-46H2,1-2H3,(H,54,57)(H,55,62)(H,63,64)/t47-/m1/s1. The second-order valence-electron chi connectivity index (χ2n) is 18.7. The first-order chi connectivity index (χ1) is 34.5. The van der Waals surface area contributed by atoms with Crippen molar-refractivity contribution in [1.82, 2.24) is 15.5 Å². The van der Waals surface area contributed by atoms with E-state index in [0.29, 0.717) is 12.8 Å². The first-order valence-electron chi connectivity index (χ1n) is 27.7. The molecule has 1 heterocycles. The number of hydrogen-bond acceptors (Lipinski definition) is 13. The number of nitrogens with zero attached hydrogens (tertiary/aromatic N) is 1. The largest absolute Gasteiger partial charge is 0.472 e. The molecule has 2 atom stereocenters. The molecular weight excluding hydrogens is 934 g/mol.